The van der Waals surface area contributed by atoms with E-state index in [-0.39, 0.29) is 0 Å². The Morgan fingerprint density at radius 3 is 2.76 bits per heavy atom. The molecule has 1 aliphatic heterocycles. The first-order valence-corrected chi connectivity index (χ1v) is 5.73. The average Bonchev–Trinajstić information content (AvgIpc) is 2.90. The molecule has 1 saturated heterocycles. The third-order valence-corrected chi connectivity index (χ3v) is 2.76. The predicted octanol–water partition coefficient (Wildman–Crippen LogP) is 0.320. The second-order valence-electron chi connectivity index (χ2n) is 4.04. The highest BCUT2D eigenvalue weighted by atomic mass is 16.2. The molecule has 1 N–H and O–H groups in total. The third kappa shape index (κ3) is 3.03. The molecule has 17 heavy (non-hydrogen) atoms. The number of rotatable bonds is 2. The highest BCUT2D eigenvalue weighted by Gasteiger charge is 2.23. The maximum atomic E-state index is 11.7. The molecule has 0 aromatic carbocycles. The maximum Gasteiger partial charge on any atom is 0.311 e. The molecule has 1 aromatic rings. The van der Waals surface area contributed by atoms with Crippen molar-refractivity contribution in [1.29, 1.82) is 0 Å². The lowest BCUT2D eigenvalue weighted by molar-refractivity contribution is -0.145. The van der Waals surface area contributed by atoms with E-state index in [4.69, 9.17) is 0 Å². The molecule has 90 valence electrons. The summed E-state index contributed by atoms with van der Waals surface area (Å²) in [7, 11) is 0. The third-order valence-electron chi connectivity index (χ3n) is 2.76. The Hall–Kier alpha value is -1.91. The van der Waals surface area contributed by atoms with Gasteiger partial charge in [-0.1, -0.05) is 6.07 Å². The van der Waals surface area contributed by atoms with Crippen molar-refractivity contribution in [1.82, 2.24) is 15.2 Å². The minimum absolute atomic E-state index is 0.340. The van der Waals surface area contributed by atoms with Gasteiger partial charge < -0.3 is 10.2 Å². The number of hydrogen-bond donors (Lipinski definition) is 1. The summed E-state index contributed by atoms with van der Waals surface area (Å²) in [6.07, 6.45) is 5.31. The van der Waals surface area contributed by atoms with Crippen LogP contribution in [0, 0.1) is 0 Å². The molecule has 5 heteroatoms. The van der Waals surface area contributed by atoms with Crippen LogP contribution in [0.4, 0.5) is 0 Å². The number of carbonyl (C=O) groups is 2. The largest absolute Gasteiger partial charge is 0.344 e. The highest BCUT2D eigenvalue weighted by Crippen LogP contribution is 2.07. The van der Waals surface area contributed by atoms with E-state index >= 15 is 0 Å². The van der Waals surface area contributed by atoms with E-state index in [2.05, 4.69) is 10.3 Å². The lowest BCUT2D eigenvalue weighted by atomic mass is 10.3. The fourth-order valence-corrected chi connectivity index (χ4v) is 1.82. The van der Waals surface area contributed by atoms with E-state index in [1.165, 1.54) is 0 Å². The van der Waals surface area contributed by atoms with Crippen molar-refractivity contribution in [3.05, 3.63) is 30.1 Å². The first-order valence-electron chi connectivity index (χ1n) is 5.73. The van der Waals surface area contributed by atoms with Crippen LogP contribution in [-0.4, -0.2) is 34.8 Å². The monoisotopic (exact) mass is 233 g/mol. The second-order valence-corrected chi connectivity index (χ2v) is 4.04. The molecule has 0 aliphatic carbocycles. The summed E-state index contributed by atoms with van der Waals surface area (Å²) in [5.41, 5.74) is 0.884. The SMILES string of the molecule is O=C(NCc1cccnc1)C(=O)N1CCCC1. The normalized spacial score (nSPS) is 14.7. The van der Waals surface area contributed by atoms with Gasteiger partial charge in [0.15, 0.2) is 0 Å². The number of carbonyl (C=O) groups excluding carboxylic acids is 2. The van der Waals surface area contributed by atoms with E-state index in [0.29, 0.717) is 19.6 Å². The van der Waals surface area contributed by atoms with Crippen LogP contribution in [0.25, 0.3) is 0 Å². The Bertz CT molecular complexity index is 399. The summed E-state index contributed by atoms with van der Waals surface area (Å²) >= 11 is 0. The quantitative estimate of drug-likeness (QED) is 0.748. The molecule has 0 bridgehead atoms. The lowest BCUT2D eigenvalue weighted by Gasteiger charge is -2.14. The fourth-order valence-electron chi connectivity index (χ4n) is 1.82. The molecule has 0 radical (unpaired) electrons. The summed E-state index contributed by atoms with van der Waals surface area (Å²) in [6.45, 7) is 1.73. The van der Waals surface area contributed by atoms with E-state index in [0.717, 1.165) is 18.4 Å². The van der Waals surface area contributed by atoms with Gasteiger partial charge >= 0.3 is 11.8 Å². The summed E-state index contributed by atoms with van der Waals surface area (Å²) in [4.78, 5) is 28.8. The minimum Gasteiger partial charge on any atom is -0.344 e. The van der Waals surface area contributed by atoms with Gasteiger partial charge in [-0.2, -0.15) is 0 Å². The van der Waals surface area contributed by atoms with Gasteiger partial charge in [-0.25, -0.2) is 0 Å². The van der Waals surface area contributed by atoms with Crippen LogP contribution >= 0.6 is 0 Å². The van der Waals surface area contributed by atoms with Crippen LogP contribution < -0.4 is 5.32 Å². The molecule has 0 spiro atoms. The molecule has 0 saturated carbocycles. The van der Waals surface area contributed by atoms with Crippen LogP contribution in [-0.2, 0) is 16.1 Å². The van der Waals surface area contributed by atoms with Gasteiger partial charge in [0.2, 0.25) is 0 Å². The standard InChI is InChI=1S/C12H15N3O2/c16-11(12(17)15-6-1-2-7-15)14-9-10-4-3-5-13-8-10/h3-5,8H,1-2,6-7,9H2,(H,14,16). The molecule has 1 fully saturated rings. The average molecular weight is 233 g/mol. The van der Waals surface area contributed by atoms with Crippen LogP contribution in [0.1, 0.15) is 18.4 Å². The van der Waals surface area contributed by atoms with Crippen LogP contribution in [0.3, 0.4) is 0 Å². The number of aromatic nitrogens is 1. The van der Waals surface area contributed by atoms with Crippen molar-refractivity contribution in [2.24, 2.45) is 0 Å². The number of hydrogen-bond acceptors (Lipinski definition) is 3. The first kappa shape index (κ1) is 11.6. The molecule has 2 amide bonds. The van der Waals surface area contributed by atoms with Crippen molar-refractivity contribution < 1.29 is 9.59 Å². The second kappa shape index (κ2) is 5.43. The molecule has 1 aliphatic rings. The van der Waals surface area contributed by atoms with Crippen LogP contribution in [0.2, 0.25) is 0 Å². The van der Waals surface area contributed by atoms with Gasteiger partial charge in [0.25, 0.3) is 0 Å². The number of nitrogens with zero attached hydrogens (tertiary/aromatic N) is 2. The van der Waals surface area contributed by atoms with Gasteiger partial charge in [0.05, 0.1) is 0 Å². The van der Waals surface area contributed by atoms with Gasteiger partial charge in [-0.05, 0) is 24.5 Å². The number of nitrogens with one attached hydrogen (secondary N) is 1. The summed E-state index contributed by atoms with van der Waals surface area (Å²) in [6, 6.07) is 3.65. The zero-order chi connectivity index (χ0) is 12.1. The highest BCUT2D eigenvalue weighted by molar-refractivity contribution is 6.35. The summed E-state index contributed by atoms with van der Waals surface area (Å²) in [5, 5.41) is 2.61. The van der Waals surface area contributed by atoms with Gasteiger partial charge in [-0.15, -0.1) is 0 Å². The fraction of sp³-hybridized carbons (Fsp3) is 0.417. The Kier molecular flexibility index (Phi) is 3.69. The molecule has 5 nitrogen and oxygen atoms in total. The number of likely N-dealkylation sites (tertiary alicyclic amines) is 1. The number of pyridine rings is 1. The Morgan fingerprint density at radius 1 is 1.35 bits per heavy atom. The Labute approximate surface area is 99.8 Å². The van der Waals surface area contributed by atoms with E-state index in [1.54, 1.807) is 23.4 Å². The van der Waals surface area contributed by atoms with E-state index in [1.807, 2.05) is 6.07 Å². The predicted molar refractivity (Wildman–Crippen MR) is 61.9 cm³/mol. The smallest absolute Gasteiger partial charge is 0.311 e. The molecule has 0 atom stereocenters. The van der Waals surface area contributed by atoms with Gasteiger partial charge in [0, 0.05) is 32.0 Å². The zero-order valence-electron chi connectivity index (χ0n) is 9.56. The van der Waals surface area contributed by atoms with Crippen molar-refractivity contribution in [3.8, 4) is 0 Å². The van der Waals surface area contributed by atoms with Crippen molar-refractivity contribution in [3.63, 3.8) is 0 Å². The van der Waals surface area contributed by atoms with Crippen molar-refractivity contribution in [2.45, 2.75) is 19.4 Å². The van der Waals surface area contributed by atoms with Crippen LogP contribution in [0.5, 0.6) is 0 Å². The molecule has 0 unspecified atom stereocenters. The molecule has 1 aromatic heterocycles. The molecular weight excluding hydrogens is 218 g/mol. The molecular formula is C12H15N3O2. The Balaban J connectivity index is 1.83. The molecule has 2 heterocycles. The first-order chi connectivity index (χ1) is 8.27. The zero-order valence-corrected chi connectivity index (χ0v) is 9.56. The Morgan fingerprint density at radius 2 is 2.12 bits per heavy atom. The topological polar surface area (TPSA) is 62.3 Å². The summed E-state index contributed by atoms with van der Waals surface area (Å²) in [5.74, 6) is -0.956. The van der Waals surface area contributed by atoms with Gasteiger partial charge in [-0.3, -0.25) is 14.6 Å². The lowest BCUT2D eigenvalue weighted by Crippen LogP contribution is -2.41. The van der Waals surface area contributed by atoms with Crippen LogP contribution in [0.15, 0.2) is 24.5 Å². The van der Waals surface area contributed by atoms with Crippen molar-refractivity contribution in [2.75, 3.05) is 13.1 Å². The summed E-state index contributed by atoms with van der Waals surface area (Å²) < 4.78 is 0. The number of amides is 2. The molecule has 2 rings (SSSR count). The maximum absolute atomic E-state index is 11.7. The minimum atomic E-state index is -0.532. The van der Waals surface area contributed by atoms with E-state index in [9.17, 15) is 9.59 Å². The van der Waals surface area contributed by atoms with Crippen molar-refractivity contribution >= 4 is 11.8 Å². The van der Waals surface area contributed by atoms with E-state index < -0.39 is 11.8 Å². The van der Waals surface area contributed by atoms with Gasteiger partial charge in [0.1, 0.15) is 0 Å².